The van der Waals surface area contributed by atoms with Crippen LogP contribution in [-0.4, -0.2) is 43.2 Å². The van der Waals surface area contributed by atoms with Crippen LogP contribution in [-0.2, 0) is 9.53 Å². The van der Waals surface area contributed by atoms with Gasteiger partial charge in [0.1, 0.15) is 11.9 Å². The number of aromatic nitrogens is 1. The third-order valence-corrected chi connectivity index (χ3v) is 3.53. The van der Waals surface area contributed by atoms with Gasteiger partial charge in [0.15, 0.2) is 0 Å². The first-order valence-corrected chi connectivity index (χ1v) is 7.19. The number of hydrogen-bond acceptors (Lipinski definition) is 5. The predicted octanol–water partition coefficient (Wildman–Crippen LogP) is 1.49. The number of hydrogen-bond donors (Lipinski definition) is 1. The van der Waals surface area contributed by atoms with E-state index in [4.69, 9.17) is 4.74 Å². The van der Waals surface area contributed by atoms with Crippen molar-refractivity contribution < 1.29 is 9.53 Å². The van der Waals surface area contributed by atoms with E-state index in [-0.39, 0.29) is 12.0 Å². The summed E-state index contributed by atoms with van der Waals surface area (Å²) in [6.45, 7) is 6.40. The van der Waals surface area contributed by atoms with Crippen LogP contribution in [0.3, 0.4) is 0 Å². The van der Waals surface area contributed by atoms with Gasteiger partial charge in [-0.15, -0.1) is 0 Å². The van der Waals surface area contributed by atoms with Gasteiger partial charge in [-0.1, -0.05) is 0 Å². The van der Waals surface area contributed by atoms with Gasteiger partial charge in [0.25, 0.3) is 0 Å². The van der Waals surface area contributed by atoms with Gasteiger partial charge in [0.05, 0.1) is 6.61 Å². The quantitative estimate of drug-likeness (QED) is 0.852. The van der Waals surface area contributed by atoms with E-state index in [0.717, 1.165) is 28.9 Å². The van der Waals surface area contributed by atoms with Crippen LogP contribution in [0.2, 0.25) is 0 Å². The summed E-state index contributed by atoms with van der Waals surface area (Å²) >= 11 is 3.40. The Hall–Kier alpha value is -1.14. The second kappa shape index (κ2) is 6.34. The molecule has 1 N–H and O–H groups in total. The van der Waals surface area contributed by atoms with E-state index in [2.05, 4.69) is 26.2 Å². The first-order valence-electron chi connectivity index (χ1n) is 6.39. The van der Waals surface area contributed by atoms with E-state index in [1.807, 2.05) is 24.8 Å². The van der Waals surface area contributed by atoms with Crippen LogP contribution in [0.4, 0.5) is 5.82 Å². The van der Waals surface area contributed by atoms with Crippen LogP contribution in [0.25, 0.3) is 0 Å². The number of nitrogens with zero attached hydrogens (tertiary/aromatic N) is 2. The summed E-state index contributed by atoms with van der Waals surface area (Å²) in [7, 11) is 0. The molecule has 0 radical (unpaired) electrons. The van der Waals surface area contributed by atoms with Gasteiger partial charge in [0.2, 0.25) is 0 Å². The lowest BCUT2D eigenvalue weighted by molar-refractivity contribution is -0.144. The highest BCUT2D eigenvalue weighted by Crippen LogP contribution is 2.23. The zero-order chi connectivity index (χ0) is 13.8. The van der Waals surface area contributed by atoms with Crippen LogP contribution in [0.15, 0.2) is 16.7 Å². The summed E-state index contributed by atoms with van der Waals surface area (Å²) in [4.78, 5) is 18.5. The zero-order valence-corrected chi connectivity index (χ0v) is 12.7. The lowest BCUT2D eigenvalue weighted by Crippen LogP contribution is -2.56. The van der Waals surface area contributed by atoms with Crippen molar-refractivity contribution >= 4 is 27.7 Å². The summed E-state index contributed by atoms with van der Waals surface area (Å²) in [5.74, 6) is 0.654. The summed E-state index contributed by atoms with van der Waals surface area (Å²) < 4.78 is 6.08. The van der Waals surface area contributed by atoms with E-state index < -0.39 is 0 Å². The molecule has 1 saturated heterocycles. The molecule has 104 valence electrons. The van der Waals surface area contributed by atoms with Crippen molar-refractivity contribution in [2.24, 2.45) is 0 Å². The third kappa shape index (κ3) is 3.25. The highest BCUT2D eigenvalue weighted by molar-refractivity contribution is 9.10. The highest BCUT2D eigenvalue weighted by Gasteiger charge is 2.31. The topological polar surface area (TPSA) is 54.5 Å². The summed E-state index contributed by atoms with van der Waals surface area (Å²) in [5.41, 5.74) is 1.05. The van der Waals surface area contributed by atoms with Gasteiger partial charge in [-0.3, -0.25) is 0 Å². The minimum absolute atomic E-state index is 0.196. The molecule has 6 heteroatoms. The molecule has 1 aliphatic heterocycles. The number of piperazine rings is 1. The minimum atomic E-state index is -0.305. The van der Waals surface area contributed by atoms with E-state index >= 15 is 0 Å². The number of nitrogens with one attached hydrogen (secondary N) is 1. The van der Waals surface area contributed by atoms with Crippen LogP contribution < -0.4 is 10.2 Å². The maximum absolute atomic E-state index is 12.0. The Labute approximate surface area is 121 Å². The number of aryl methyl sites for hydroxylation is 1. The van der Waals surface area contributed by atoms with Crippen LogP contribution in [0, 0.1) is 6.92 Å². The monoisotopic (exact) mass is 327 g/mol. The molecular weight excluding hydrogens is 310 g/mol. The average Bonchev–Trinajstić information content (AvgIpc) is 2.39. The zero-order valence-electron chi connectivity index (χ0n) is 11.1. The number of carbonyl (C=O) groups is 1. The molecule has 0 aliphatic carbocycles. The fraction of sp³-hybridized carbons (Fsp3) is 0.538. The SMILES string of the molecule is CCOC(=O)C1CNCCN1c1ncc(Br)cc1C. The van der Waals surface area contributed by atoms with Crippen molar-refractivity contribution in [1.29, 1.82) is 0 Å². The van der Waals surface area contributed by atoms with E-state index in [9.17, 15) is 4.79 Å². The largest absolute Gasteiger partial charge is 0.464 e. The molecular formula is C13H18BrN3O2. The molecule has 2 rings (SSSR count). The first kappa shape index (κ1) is 14.3. The van der Waals surface area contributed by atoms with E-state index in [1.165, 1.54) is 0 Å². The molecule has 1 aromatic rings. The second-order valence-electron chi connectivity index (χ2n) is 4.46. The van der Waals surface area contributed by atoms with Gasteiger partial charge < -0.3 is 15.0 Å². The number of pyridine rings is 1. The molecule has 1 fully saturated rings. The van der Waals surface area contributed by atoms with Crippen molar-refractivity contribution in [3.05, 3.63) is 22.3 Å². The molecule has 0 spiro atoms. The average molecular weight is 328 g/mol. The molecule has 5 nitrogen and oxygen atoms in total. The maximum atomic E-state index is 12.0. The van der Waals surface area contributed by atoms with Crippen molar-refractivity contribution in [3.8, 4) is 0 Å². The van der Waals surface area contributed by atoms with Crippen LogP contribution in [0.1, 0.15) is 12.5 Å². The Morgan fingerprint density at radius 1 is 1.68 bits per heavy atom. The molecule has 1 atom stereocenters. The van der Waals surface area contributed by atoms with Gasteiger partial charge in [-0.25, -0.2) is 9.78 Å². The second-order valence-corrected chi connectivity index (χ2v) is 5.38. The van der Waals surface area contributed by atoms with Gasteiger partial charge in [0, 0.05) is 30.3 Å². The van der Waals surface area contributed by atoms with E-state index in [1.54, 1.807) is 6.20 Å². The Bertz CT molecular complexity index is 467. The molecule has 0 saturated carbocycles. The minimum Gasteiger partial charge on any atom is -0.464 e. The standard InChI is InChI=1S/C13H18BrN3O2/c1-3-19-13(18)11-8-15-4-5-17(11)12-9(2)6-10(14)7-16-12/h6-7,11,15H,3-5,8H2,1-2H3. The Morgan fingerprint density at radius 3 is 3.16 bits per heavy atom. The maximum Gasteiger partial charge on any atom is 0.330 e. The molecule has 1 aromatic heterocycles. The number of carbonyl (C=O) groups excluding carboxylic acids is 1. The van der Waals surface area contributed by atoms with Gasteiger partial charge in [-0.05, 0) is 41.4 Å². The number of esters is 1. The molecule has 0 bridgehead atoms. The molecule has 0 amide bonds. The van der Waals surface area contributed by atoms with Crippen molar-refractivity contribution in [1.82, 2.24) is 10.3 Å². The number of halogens is 1. The molecule has 1 unspecified atom stereocenters. The fourth-order valence-electron chi connectivity index (χ4n) is 2.24. The third-order valence-electron chi connectivity index (χ3n) is 3.09. The van der Waals surface area contributed by atoms with Crippen molar-refractivity contribution in [2.45, 2.75) is 19.9 Å². The smallest absolute Gasteiger partial charge is 0.330 e. The Balaban J connectivity index is 2.26. The van der Waals surface area contributed by atoms with E-state index in [0.29, 0.717) is 13.2 Å². The summed E-state index contributed by atoms with van der Waals surface area (Å²) in [5, 5.41) is 3.23. The first-order chi connectivity index (χ1) is 9.13. The number of rotatable bonds is 3. The van der Waals surface area contributed by atoms with Crippen molar-refractivity contribution in [3.63, 3.8) is 0 Å². The number of ether oxygens (including phenoxy) is 1. The lowest BCUT2D eigenvalue weighted by atomic mass is 10.1. The van der Waals surface area contributed by atoms with Crippen LogP contribution >= 0.6 is 15.9 Å². The Morgan fingerprint density at radius 2 is 2.47 bits per heavy atom. The molecule has 19 heavy (non-hydrogen) atoms. The fourth-order valence-corrected chi connectivity index (χ4v) is 2.69. The lowest BCUT2D eigenvalue weighted by Gasteiger charge is -2.36. The molecule has 0 aromatic carbocycles. The van der Waals surface area contributed by atoms with Gasteiger partial charge >= 0.3 is 5.97 Å². The summed E-state index contributed by atoms with van der Waals surface area (Å²) in [6, 6.07) is 1.70. The Kier molecular flexibility index (Phi) is 4.76. The van der Waals surface area contributed by atoms with Crippen LogP contribution in [0.5, 0.6) is 0 Å². The summed E-state index contributed by atoms with van der Waals surface area (Å²) in [6.07, 6.45) is 1.76. The number of anilines is 1. The van der Waals surface area contributed by atoms with Gasteiger partial charge in [-0.2, -0.15) is 0 Å². The normalized spacial score (nSPS) is 19.3. The molecule has 2 heterocycles. The highest BCUT2D eigenvalue weighted by atomic mass is 79.9. The predicted molar refractivity (Wildman–Crippen MR) is 77.3 cm³/mol. The molecule has 1 aliphatic rings. The van der Waals surface area contributed by atoms with Crippen molar-refractivity contribution in [2.75, 3.05) is 31.1 Å².